The highest BCUT2D eigenvalue weighted by atomic mass is 16.4. The van der Waals surface area contributed by atoms with Gasteiger partial charge in [-0.2, -0.15) is 0 Å². The smallest absolute Gasteiger partial charge is 0.303 e. The van der Waals surface area contributed by atoms with Gasteiger partial charge in [-0.15, -0.1) is 0 Å². The zero-order valence-electron chi connectivity index (χ0n) is 20.9. The molecule has 3 rings (SSSR count). The van der Waals surface area contributed by atoms with Crippen LogP contribution in [0.25, 0.3) is 0 Å². The standard InChI is InChI=1S/C26H36N4O6/c1-26(2)25(36)28-19(16-17-10-5-3-6-11-17)24(35)30-15-9-13-20(30)23(34)27-18(22(33)29-26)12-7-4-8-14-21(31)32/h3,5-6,10-11,18-20H,4,7-9,12-16H2,1-2H3,(H,27,34)(H,28,36)(H,29,33)(H,31,32)/t18-,19-,20+/m0/s1. The zero-order valence-corrected chi connectivity index (χ0v) is 20.9. The first kappa shape index (κ1) is 27.2. The maximum absolute atomic E-state index is 13.6. The quantitative estimate of drug-likeness (QED) is 0.394. The van der Waals surface area contributed by atoms with Gasteiger partial charge in [0.2, 0.25) is 23.6 Å². The molecule has 4 amide bonds. The third-order valence-corrected chi connectivity index (χ3v) is 6.74. The van der Waals surface area contributed by atoms with Crippen LogP contribution in [-0.2, 0) is 30.4 Å². The lowest BCUT2D eigenvalue weighted by Crippen LogP contribution is -2.64. The predicted octanol–water partition coefficient (Wildman–Crippen LogP) is 1.13. The summed E-state index contributed by atoms with van der Waals surface area (Å²) in [6.07, 6.45) is 3.32. The van der Waals surface area contributed by atoms with Crippen LogP contribution in [0.1, 0.15) is 64.4 Å². The number of nitrogens with zero attached hydrogens (tertiary/aromatic N) is 1. The number of amides is 4. The van der Waals surface area contributed by atoms with E-state index in [4.69, 9.17) is 5.11 Å². The van der Waals surface area contributed by atoms with Gasteiger partial charge in [-0.05, 0) is 45.1 Å². The summed E-state index contributed by atoms with van der Waals surface area (Å²) in [7, 11) is 0. The van der Waals surface area contributed by atoms with E-state index in [9.17, 15) is 24.0 Å². The molecule has 1 aromatic carbocycles. The Morgan fingerprint density at radius 3 is 2.42 bits per heavy atom. The number of hydrogen-bond acceptors (Lipinski definition) is 5. The molecule has 0 spiro atoms. The Morgan fingerprint density at radius 2 is 1.72 bits per heavy atom. The summed E-state index contributed by atoms with van der Waals surface area (Å²) in [6.45, 7) is 3.51. The van der Waals surface area contributed by atoms with Crippen LogP contribution in [-0.4, -0.2) is 69.8 Å². The Hall–Kier alpha value is -3.43. The monoisotopic (exact) mass is 500 g/mol. The fourth-order valence-corrected chi connectivity index (χ4v) is 4.68. The minimum Gasteiger partial charge on any atom is -0.481 e. The van der Waals surface area contributed by atoms with Crippen LogP contribution in [0.2, 0.25) is 0 Å². The average Bonchev–Trinajstić information content (AvgIpc) is 3.32. The van der Waals surface area contributed by atoms with Gasteiger partial charge in [0.15, 0.2) is 0 Å². The molecule has 196 valence electrons. The van der Waals surface area contributed by atoms with Crippen LogP contribution >= 0.6 is 0 Å². The average molecular weight is 501 g/mol. The number of unbranched alkanes of at least 4 members (excludes halogenated alkanes) is 2. The number of carbonyl (C=O) groups excluding carboxylic acids is 4. The molecule has 10 nitrogen and oxygen atoms in total. The predicted molar refractivity (Wildman–Crippen MR) is 132 cm³/mol. The van der Waals surface area contributed by atoms with Crippen LogP contribution in [0.4, 0.5) is 0 Å². The fourth-order valence-electron chi connectivity index (χ4n) is 4.68. The van der Waals surface area contributed by atoms with Crippen LogP contribution in [0, 0.1) is 0 Å². The summed E-state index contributed by atoms with van der Waals surface area (Å²) in [5.41, 5.74) is -0.462. The van der Waals surface area contributed by atoms with Gasteiger partial charge in [0.1, 0.15) is 23.7 Å². The summed E-state index contributed by atoms with van der Waals surface area (Å²) in [4.78, 5) is 65.5. The number of hydrogen-bond donors (Lipinski definition) is 4. The molecular weight excluding hydrogens is 464 g/mol. The van der Waals surface area contributed by atoms with Gasteiger partial charge in [-0.25, -0.2) is 0 Å². The number of carbonyl (C=O) groups is 5. The van der Waals surface area contributed by atoms with Gasteiger partial charge in [0.05, 0.1) is 0 Å². The lowest BCUT2D eigenvalue weighted by atomic mass is 9.98. The van der Waals surface area contributed by atoms with E-state index in [1.54, 1.807) is 13.8 Å². The van der Waals surface area contributed by atoms with E-state index in [1.165, 1.54) is 4.90 Å². The molecule has 2 fully saturated rings. The van der Waals surface area contributed by atoms with Crippen LogP contribution < -0.4 is 16.0 Å². The van der Waals surface area contributed by atoms with Gasteiger partial charge >= 0.3 is 5.97 Å². The molecule has 3 atom stereocenters. The van der Waals surface area contributed by atoms with Crippen molar-refractivity contribution in [1.82, 2.24) is 20.9 Å². The fraction of sp³-hybridized carbons (Fsp3) is 0.577. The van der Waals surface area contributed by atoms with Crippen LogP contribution in [0.5, 0.6) is 0 Å². The second-order valence-corrected chi connectivity index (χ2v) is 10.1. The number of aliphatic carboxylic acids is 1. The van der Waals surface area contributed by atoms with Crippen LogP contribution in [0.3, 0.4) is 0 Å². The summed E-state index contributed by atoms with van der Waals surface area (Å²) < 4.78 is 0. The molecular formula is C26H36N4O6. The molecule has 2 heterocycles. The number of carboxylic acids is 1. The SMILES string of the molecule is CC1(C)NC(=O)[C@H](CCCCCC(=O)O)NC(=O)[C@H]2CCCN2C(=O)[C@H](Cc2ccccc2)NC1=O. The summed E-state index contributed by atoms with van der Waals surface area (Å²) in [5, 5.41) is 17.2. The highest BCUT2D eigenvalue weighted by Gasteiger charge is 2.42. The van der Waals surface area contributed by atoms with Gasteiger partial charge in [0, 0.05) is 19.4 Å². The van der Waals surface area contributed by atoms with Crippen molar-refractivity contribution in [3.05, 3.63) is 35.9 Å². The zero-order chi connectivity index (χ0) is 26.3. The minimum absolute atomic E-state index is 0.0414. The molecule has 2 aliphatic heterocycles. The highest BCUT2D eigenvalue weighted by Crippen LogP contribution is 2.21. The normalized spacial score (nSPS) is 24.6. The number of rotatable bonds is 8. The topological polar surface area (TPSA) is 145 Å². The lowest BCUT2D eigenvalue weighted by Gasteiger charge is -2.34. The second-order valence-electron chi connectivity index (χ2n) is 10.1. The van der Waals surface area contributed by atoms with Gasteiger partial charge < -0.3 is 26.0 Å². The van der Waals surface area contributed by atoms with Crippen molar-refractivity contribution in [2.45, 2.75) is 88.9 Å². The van der Waals surface area contributed by atoms with E-state index in [1.807, 2.05) is 30.3 Å². The van der Waals surface area contributed by atoms with Crippen molar-refractivity contribution in [2.75, 3.05) is 6.54 Å². The first-order chi connectivity index (χ1) is 17.1. The molecule has 4 N–H and O–H groups in total. The van der Waals surface area contributed by atoms with E-state index in [-0.39, 0.29) is 18.7 Å². The third kappa shape index (κ3) is 7.05. The van der Waals surface area contributed by atoms with Gasteiger partial charge in [0.25, 0.3) is 0 Å². The number of carboxylic acid groups (broad SMARTS) is 1. The largest absolute Gasteiger partial charge is 0.481 e. The Labute approximate surface area is 211 Å². The van der Waals surface area contributed by atoms with Gasteiger partial charge in [-0.3, -0.25) is 24.0 Å². The molecule has 0 aliphatic carbocycles. The number of nitrogens with one attached hydrogen (secondary N) is 3. The van der Waals surface area contributed by atoms with Crippen molar-refractivity contribution < 1.29 is 29.1 Å². The van der Waals surface area contributed by atoms with Crippen molar-refractivity contribution >= 4 is 29.6 Å². The maximum Gasteiger partial charge on any atom is 0.303 e. The second kappa shape index (κ2) is 12.0. The first-order valence-corrected chi connectivity index (χ1v) is 12.6. The molecule has 36 heavy (non-hydrogen) atoms. The molecule has 2 aliphatic rings. The molecule has 0 bridgehead atoms. The number of benzene rings is 1. The molecule has 0 unspecified atom stereocenters. The van der Waals surface area contributed by atoms with Crippen molar-refractivity contribution in [3.8, 4) is 0 Å². The van der Waals surface area contributed by atoms with Crippen molar-refractivity contribution in [1.29, 1.82) is 0 Å². The molecule has 1 aromatic rings. The third-order valence-electron chi connectivity index (χ3n) is 6.74. The molecule has 0 radical (unpaired) electrons. The molecule has 10 heteroatoms. The molecule has 2 saturated heterocycles. The van der Waals surface area contributed by atoms with E-state index in [0.29, 0.717) is 45.1 Å². The van der Waals surface area contributed by atoms with Crippen molar-refractivity contribution in [3.63, 3.8) is 0 Å². The lowest BCUT2D eigenvalue weighted by molar-refractivity contribution is -0.144. The highest BCUT2D eigenvalue weighted by molar-refractivity contribution is 5.99. The van der Waals surface area contributed by atoms with Crippen LogP contribution in [0.15, 0.2) is 30.3 Å². The first-order valence-electron chi connectivity index (χ1n) is 12.6. The molecule has 0 saturated carbocycles. The Balaban J connectivity index is 1.83. The summed E-state index contributed by atoms with van der Waals surface area (Å²) in [6, 6.07) is 6.83. The van der Waals surface area contributed by atoms with E-state index >= 15 is 0 Å². The van der Waals surface area contributed by atoms with E-state index < -0.39 is 47.4 Å². The summed E-state index contributed by atoms with van der Waals surface area (Å²) in [5.74, 6) is -2.57. The van der Waals surface area contributed by atoms with E-state index in [2.05, 4.69) is 16.0 Å². The summed E-state index contributed by atoms with van der Waals surface area (Å²) >= 11 is 0. The maximum atomic E-state index is 13.6. The van der Waals surface area contributed by atoms with Crippen molar-refractivity contribution in [2.24, 2.45) is 0 Å². The Bertz CT molecular complexity index is 980. The molecule has 0 aromatic heterocycles. The Morgan fingerprint density at radius 1 is 1.00 bits per heavy atom. The van der Waals surface area contributed by atoms with Gasteiger partial charge in [-0.1, -0.05) is 43.2 Å². The Kier molecular flexibility index (Phi) is 9.06. The number of fused-ring (bicyclic) bond motifs is 1. The minimum atomic E-state index is -1.33. The van der Waals surface area contributed by atoms with E-state index in [0.717, 1.165) is 5.56 Å².